The Morgan fingerprint density at radius 3 is 2.63 bits per heavy atom. The summed E-state index contributed by atoms with van der Waals surface area (Å²) in [4.78, 5) is 15.4. The lowest BCUT2D eigenvalue weighted by Gasteiger charge is -2.07. The van der Waals surface area contributed by atoms with Gasteiger partial charge in [0.15, 0.2) is 0 Å². The van der Waals surface area contributed by atoms with E-state index >= 15 is 0 Å². The summed E-state index contributed by atoms with van der Waals surface area (Å²) < 4.78 is 0. The number of halogens is 1. The molecule has 3 nitrogen and oxygen atoms in total. The van der Waals surface area contributed by atoms with Crippen molar-refractivity contribution in [1.29, 1.82) is 0 Å². The van der Waals surface area contributed by atoms with Crippen molar-refractivity contribution in [1.82, 2.24) is 4.98 Å². The Morgan fingerprint density at radius 2 is 2.00 bits per heavy atom. The van der Waals surface area contributed by atoms with Crippen LogP contribution in [0.2, 0.25) is 5.02 Å². The van der Waals surface area contributed by atoms with Gasteiger partial charge in [-0.15, -0.1) is 0 Å². The van der Waals surface area contributed by atoms with Gasteiger partial charge in [-0.2, -0.15) is 0 Å². The Morgan fingerprint density at radius 1 is 1.26 bits per heavy atom. The number of pyridine rings is 1. The van der Waals surface area contributed by atoms with E-state index in [1.807, 2.05) is 30.3 Å². The number of nitrogens with zero attached hydrogens (tertiary/aromatic N) is 1. The maximum atomic E-state index is 11.1. The summed E-state index contributed by atoms with van der Waals surface area (Å²) in [5.74, 6) is -1.07. The molecule has 1 unspecified atom stereocenters. The summed E-state index contributed by atoms with van der Waals surface area (Å²) in [7, 11) is 0. The Kier molecular flexibility index (Phi) is 2.99. The molecule has 0 bridgehead atoms. The molecule has 4 heteroatoms. The summed E-state index contributed by atoms with van der Waals surface area (Å²) in [5, 5.41) is 9.72. The molecule has 0 aliphatic heterocycles. The second-order valence-electron chi connectivity index (χ2n) is 4.76. The lowest BCUT2D eigenvalue weighted by Crippen LogP contribution is -2.12. The Balaban J connectivity index is 2.03. The summed E-state index contributed by atoms with van der Waals surface area (Å²) in [6.07, 6.45) is 2.85. The molecular formula is C15H12ClNO2. The van der Waals surface area contributed by atoms with Crippen LogP contribution in [0.3, 0.4) is 0 Å². The second-order valence-corrected chi connectivity index (χ2v) is 5.17. The second kappa shape index (κ2) is 4.67. The van der Waals surface area contributed by atoms with E-state index in [4.69, 9.17) is 16.7 Å². The van der Waals surface area contributed by atoms with E-state index in [1.165, 1.54) is 0 Å². The minimum absolute atomic E-state index is 0.329. The molecule has 0 radical (unpaired) electrons. The van der Waals surface area contributed by atoms with Gasteiger partial charge < -0.3 is 5.11 Å². The van der Waals surface area contributed by atoms with E-state index < -0.39 is 5.97 Å². The fourth-order valence-corrected chi connectivity index (χ4v) is 2.82. The van der Waals surface area contributed by atoms with Crippen LogP contribution in [0.4, 0.5) is 0 Å². The lowest BCUT2D eigenvalue weighted by molar-refractivity contribution is -0.141. The molecule has 1 N–H and O–H groups in total. The first-order valence-corrected chi connectivity index (χ1v) is 6.48. The highest BCUT2D eigenvalue weighted by atomic mass is 35.5. The zero-order valence-corrected chi connectivity index (χ0v) is 10.9. The number of carbonyl (C=O) groups is 1. The minimum atomic E-state index is -0.744. The maximum Gasteiger partial charge on any atom is 0.307 e. The number of hydrogen-bond donors (Lipinski definition) is 1. The number of carboxylic acids is 1. The van der Waals surface area contributed by atoms with Crippen LogP contribution >= 0.6 is 11.6 Å². The Labute approximate surface area is 115 Å². The van der Waals surface area contributed by atoms with E-state index in [0.29, 0.717) is 17.9 Å². The van der Waals surface area contributed by atoms with Crippen LogP contribution in [-0.4, -0.2) is 16.1 Å². The van der Waals surface area contributed by atoms with E-state index in [1.54, 1.807) is 6.20 Å². The average Bonchev–Trinajstić information content (AvgIpc) is 2.82. The molecule has 1 atom stereocenters. The van der Waals surface area contributed by atoms with Crippen LogP contribution in [0.15, 0.2) is 36.5 Å². The van der Waals surface area contributed by atoms with Gasteiger partial charge in [-0.1, -0.05) is 17.7 Å². The number of fused-ring (bicyclic) bond motifs is 1. The van der Waals surface area contributed by atoms with Crippen molar-refractivity contribution in [3.8, 4) is 11.3 Å². The molecule has 0 saturated heterocycles. The quantitative estimate of drug-likeness (QED) is 0.914. The van der Waals surface area contributed by atoms with Crippen LogP contribution in [0.25, 0.3) is 11.3 Å². The summed E-state index contributed by atoms with van der Waals surface area (Å²) in [6, 6.07) is 9.52. The number of rotatable bonds is 2. The molecule has 0 saturated carbocycles. The monoisotopic (exact) mass is 273 g/mol. The number of hydrogen-bond acceptors (Lipinski definition) is 2. The van der Waals surface area contributed by atoms with Gasteiger partial charge in [0, 0.05) is 11.8 Å². The van der Waals surface area contributed by atoms with Crippen LogP contribution in [0, 0.1) is 5.92 Å². The van der Waals surface area contributed by atoms with Gasteiger partial charge in [0.05, 0.1) is 16.6 Å². The fourth-order valence-electron chi connectivity index (χ4n) is 2.54. The van der Waals surface area contributed by atoms with Crippen molar-refractivity contribution in [3.63, 3.8) is 0 Å². The molecule has 0 fully saturated rings. The first-order chi connectivity index (χ1) is 9.15. The van der Waals surface area contributed by atoms with E-state index in [-0.39, 0.29) is 5.92 Å². The van der Waals surface area contributed by atoms with Gasteiger partial charge in [0.1, 0.15) is 0 Å². The molecule has 2 aromatic rings. The molecule has 0 spiro atoms. The molecule has 1 aromatic carbocycles. The SMILES string of the molecule is O=C(O)C1Cc2cc(Cl)c(-c3ccccn3)cc2C1. The topological polar surface area (TPSA) is 50.2 Å². The fraction of sp³-hybridized carbons (Fsp3) is 0.200. The van der Waals surface area contributed by atoms with Crippen molar-refractivity contribution in [2.75, 3.05) is 0 Å². The third-order valence-electron chi connectivity index (χ3n) is 3.51. The first-order valence-electron chi connectivity index (χ1n) is 6.10. The molecule has 1 aliphatic rings. The lowest BCUT2D eigenvalue weighted by atomic mass is 10.0. The van der Waals surface area contributed by atoms with E-state index in [2.05, 4.69) is 4.98 Å². The highest BCUT2D eigenvalue weighted by Gasteiger charge is 2.28. The molecule has 1 aromatic heterocycles. The van der Waals surface area contributed by atoms with Crippen molar-refractivity contribution in [2.24, 2.45) is 5.92 Å². The largest absolute Gasteiger partial charge is 0.481 e. The number of aliphatic carboxylic acids is 1. The van der Waals surface area contributed by atoms with Crippen LogP contribution in [0.1, 0.15) is 11.1 Å². The predicted molar refractivity (Wildman–Crippen MR) is 73.2 cm³/mol. The number of aromatic nitrogens is 1. The third-order valence-corrected chi connectivity index (χ3v) is 3.82. The maximum absolute atomic E-state index is 11.1. The molecule has 1 aliphatic carbocycles. The summed E-state index contributed by atoms with van der Waals surface area (Å²) in [6.45, 7) is 0. The highest BCUT2D eigenvalue weighted by Crippen LogP contribution is 2.35. The van der Waals surface area contributed by atoms with Crippen molar-refractivity contribution in [2.45, 2.75) is 12.8 Å². The van der Waals surface area contributed by atoms with Crippen molar-refractivity contribution in [3.05, 3.63) is 52.7 Å². The summed E-state index contributed by atoms with van der Waals surface area (Å²) in [5.41, 5.74) is 3.79. The molecule has 3 rings (SSSR count). The number of carboxylic acid groups (broad SMARTS) is 1. The number of benzene rings is 1. The third kappa shape index (κ3) is 2.22. The smallest absolute Gasteiger partial charge is 0.307 e. The van der Waals surface area contributed by atoms with Gasteiger partial charge in [-0.05, 0) is 48.2 Å². The van der Waals surface area contributed by atoms with Gasteiger partial charge in [-0.25, -0.2) is 0 Å². The Bertz CT molecular complexity index is 640. The van der Waals surface area contributed by atoms with Gasteiger partial charge in [-0.3, -0.25) is 9.78 Å². The van der Waals surface area contributed by atoms with E-state index in [0.717, 1.165) is 22.4 Å². The van der Waals surface area contributed by atoms with Crippen LogP contribution in [-0.2, 0) is 17.6 Å². The van der Waals surface area contributed by atoms with Gasteiger partial charge in [0.2, 0.25) is 0 Å². The Hall–Kier alpha value is -1.87. The molecule has 19 heavy (non-hydrogen) atoms. The average molecular weight is 274 g/mol. The van der Waals surface area contributed by atoms with Gasteiger partial charge in [0.25, 0.3) is 0 Å². The van der Waals surface area contributed by atoms with Crippen LogP contribution in [0.5, 0.6) is 0 Å². The van der Waals surface area contributed by atoms with Gasteiger partial charge >= 0.3 is 5.97 Å². The normalized spacial score (nSPS) is 17.2. The standard InChI is InChI=1S/C15H12ClNO2/c16-13-8-10-6-11(15(18)19)5-9(10)7-12(13)14-3-1-2-4-17-14/h1-4,7-8,11H,5-6H2,(H,18,19). The van der Waals surface area contributed by atoms with Crippen molar-refractivity contribution >= 4 is 17.6 Å². The molecule has 96 valence electrons. The molecule has 1 heterocycles. The highest BCUT2D eigenvalue weighted by molar-refractivity contribution is 6.33. The minimum Gasteiger partial charge on any atom is -0.481 e. The van der Waals surface area contributed by atoms with Crippen LogP contribution < -0.4 is 0 Å². The summed E-state index contributed by atoms with van der Waals surface area (Å²) >= 11 is 6.28. The zero-order chi connectivity index (χ0) is 13.4. The predicted octanol–water partition coefficient (Wildman–Crippen LogP) is 3.20. The first kappa shape index (κ1) is 12.2. The molecule has 0 amide bonds. The van der Waals surface area contributed by atoms with E-state index in [9.17, 15) is 4.79 Å². The van der Waals surface area contributed by atoms with Crippen molar-refractivity contribution < 1.29 is 9.90 Å². The molecular weight excluding hydrogens is 262 g/mol. The zero-order valence-electron chi connectivity index (χ0n) is 10.1.